The number of aromatic nitrogens is 4. The zero-order valence-electron chi connectivity index (χ0n) is 13.8. The molecule has 0 saturated carbocycles. The van der Waals surface area contributed by atoms with Crippen molar-refractivity contribution in [3.63, 3.8) is 0 Å². The van der Waals surface area contributed by atoms with Crippen molar-refractivity contribution in [1.82, 2.24) is 19.1 Å². The maximum Gasteiger partial charge on any atom is 0.330 e. The van der Waals surface area contributed by atoms with E-state index in [1.165, 1.54) is 4.57 Å². The molecule has 0 unspecified atom stereocenters. The van der Waals surface area contributed by atoms with E-state index in [4.69, 9.17) is 4.74 Å². The number of benzene rings is 1. The number of imidazole rings is 1. The van der Waals surface area contributed by atoms with Gasteiger partial charge in [-0.3, -0.25) is 14.3 Å². The van der Waals surface area contributed by atoms with Crippen molar-refractivity contribution in [2.24, 2.45) is 0 Å². The molecular formula is C17H20N4O3. The third-order valence-electron chi connectivity index (χ3n) is 4.00. The van der Waals surface area contributed by atoms with E-state index in [9.17, 15) is 9.59 Å². The number of hydrogen-bond acceptors (Lipinski definition) is 4. The van der Waals surface area contributed by atoms with Crippen LogP contribution >= 0.6 is 0 Å². The highest BCUT2D eigenvalue weighted by atomic mass is 16.5. The standard InChI is InChI=1S/C17H20N4O3/c1-3-4-9-21-16(22)14-15(19-17(21)23)18-11-20(14)10-12-5-7-13(24-2)8-6-12/h5-8,11H,3-4,9-10H2,1-2H3,(H,19,23). The lowest BCUT2D eigenvalue weighted by Gasteiger charge is -2.07. The average Bonchev–Trinajstić information content (AvgIpc) is 2.98. The quantitative estimate of drug-likeness (QED) is 0.747. The van der Waals surface area contributed by atoms with Gasteiger partial charge in [0.2, 0.25) is 0 Å². The summed E-state index contributed by atoms with van der Waals surface area (Å²) in [5.74, 6) is 0.778. The van der Waals surface area contributed by atoms with E-state index in [-0.39, 0.29) is 5.56 Å². The molecule has 0 aliphatic rings. The Morgan fingerprint density at radius 3 is 2.62 bits per heavy atom. The van der Waals surface area contributed by atoms with Crippen molar-refractivity contribution in [3.8, 4) is 5.75 Å². The van der Waals surface area contributed by atoms with E-state index in [1.807, 2.05) is 31.2 Å². The smallest absolute Gasteiger partial charge is 0.330 e. The Balaban J connectivity index is 2.02. The second-order valence-electron chi connectivity index (χ2n) is 5.66. The molecule has 3 aromatic rings. The van der Waals surface area contributed by atoms with Gasteiger partial charge in [-0.05, 0) is 24.1 Å². The lowest BCUT2D eigenvalue weighted by molar-refractivity contribution is 0.414. The first-order valence-electron chi connectivity index (χ1n) is 7.95. The van der Waals surface area contributed by atoms with E-state index < -0.39 is 5.69 Å². The summed E-state index contributed by atoms with van der Waals surface area (Å²) in [6.07, 6.45) is 3.27. The van der Waals surface area contributed by atoms with Gasteiger partial charge < -0.3 is 9.30 Å². The number of unbranched alkanes of at least 4 members (excludes halogenated alkanes) is 1. The molecule has 0 saturated heterocycles. The van der Waals surface area contributed by atoms with Crippen LogP contribution in [0.1, 0.15) is 25.3 Å². The summed E-state index contributed by atoms with van der Waals surface area (Å²) in [7, 11) is 1.62. The molecule has 1 N–H and O–H groups in total. The first-order chi connectivity index (χ1) is 11.6. The van der Waals surface area contributed by atoms with Gasteiger partial charge in [0, 0.05) is 13.1 Å². The van der Waals surface area contributed by atoms with E-state index in [2.05, 4.69) is 9.97 Å². The van der Waals surface area contributed by atoms with E-state index in [1.54, 1.807) is 18.0 Å². The maximum absolute atomic E-state index is 12.7. The number of nitrogens with zero attached hydrogens (tertiary/aromatic N) is 3. The lowest BCUT2D eigenvalue weighted by atomic mass is 10.2. The first-order valence-corrected chi connectivity index (χ1v) is 7.95. The molecule has 0 amide bonds. The molecule has 0 fully saturated rings. The van der Waals surface area contributed by atoms with Crippen molar-refractivity contribution in [1.29, 1.82) is 0 Å². The van der Waals surface area contributed by atoms with Crippen molar-refractivity contribution in [2.45, 2.75) is 32.9 Å². The van der Waals surface area contributed by atoms with Gasteiger partial charge in [0.1, 0.15) is 5.75 Å². The summed E-state index contributed by atoms with van der Waals surface area (Å²) in [6, 6.07) is 7.61. The van der Waals surface area contributed by atoms with Crippen LogP contribution in [0, 0.1) is 0 Å². The summed E-state index contributed by atoms with van der Waals surface area (Å²) in [4.78, 5) is 31.6. The van der Waals surface area contributed by atoms with Crippen LogP contribution in [0.5, 0.6) is 5.75 Å². The summed E-state index contributed by atoms with van der Waals surface area (Å²) in [6.45, 7) is 2.93. The number of ether oxygens (including phenoxy) is 1. The third kappa shape index (κ3) is 2.97. The van der Waals surface area contributed by atoms with Crippen LogP contribution in [0.25, 0.3) is 11.2 Å². The molecule has 7 nitrogen and oxygen atoms in total. The first kappa shape index (κ1) is 16.0. The molecule has 3 rings (SSSR count). The zero-order valence-corrected chi connectivity index (χ0v) is 13.8. The van der Waals surface area contributed by atoms with Crippen molar-refractivity contribution in [2.75, 3.05) is 7.11 Å². The zero-order chi connectivity index (χ0) is 17.1. The minimum absolute atomic E-state index is 0.298. The van der Waals surface area contributed by atoms with Gasteiger partial charge in [0.15, 0.2) is 11.2 Å². The van der Waals surface area contributed by atoms with Crippen LogP contribution in [0.3, 0.4) is 0 Å². The second kappa shape index (κ2) is 6.74. The molecule has 0 atom stereocenters. The summed E-state index contributed by atoms with van der Waals surface area (Å²) in [5.41, 5.74) is 1.05. The predicted molar refractivity (Wildman–Crippen MR) is 91.6 cm³/mol. The molecule has 2 aromatic heterocycles. The normalized spacial score (nSPS) is 11.1. The van der Waals surface area contributed by atoms with Crippen LogP contribution in [-0.4, -0.2) is 26.2 Å². The fourth-order valence-electron chi connectivity index (χ4n) is 2.65. The van der Waals surface area contributed by atoms with E-state index in [0.29, 0.717) is 24.3 Å². The highest BCUT2D eigenvalue weighted by Crippen LogP contribution is 2.14. The van der Waals surface area contributed by atoms with E-state index in [0.717, 1.165) is 24.2 Å². The van der Waals surface area contributed by atoms with Gasteiger partial charge in [0.25, 0.3) is 5.56 Å². The van der Waals surface area contributed by atoms with Gasteiger partial charge in [-0.2, -0.15) is 0 Å². The Morgan fingerprint density at radius 1 is 1.21 bits per heavy atom. The SMILES string of the molecule is CCCCn1c(=O)[nH]c2ncn(Cc3ccc(OC)cc3)c2c1=O. The van der Waals surface area contributed by atoms with Crippen LogP contribution in [0.4, 0.5) is 0 Å². The summed E-state index contributed by atoms with van der Waals surface area (Å²) < 4.78 is 8.16. The largest absolute Gasteiger partial charge is 0.497 e. The van der Waals surface area contributed by atoms with Gasteiger partial charge in [0.05, 0.1) is 13.4 Å². The van der Waals surface area contributed by atoms with Crippen molar-refractivity contribution in [3.05, 3.63) is 57.0 Å². The van der Waals surface area contributed by atoms with Crippen molar-refractivity contribution < 1.29 is 4.74 Å². The topological polar surface area (TPSA) is 81.9 Å². The Bertz CT molecular complexity index is 951. The van der Waals surface area contributed by atoms with Crippen LogP contribution in [0.2, 0.25) is 0 Å². The minimum atomic E-state index is -0.407. The Labute approximate surface area is 138 Å². The van der Waals surface area contributed by atoms with Gasteiger partial charge >= 0.3 is 5.69 Å². The predicted octanol–water partition coefficient (Wildman–Crippen LogP) is 1.74. The molecule has 0 aliphatic heterocycles. The number of fused-ring (bicyclic) bond motifs is 1. The number of hydrogen-bond donors (Lipinski definition) is 1. The molecule has 7 heteroatoms. The van der Waals surface area contributed by atoms with Crippen LogP contribution in [0.15, 0.2) is 40.2 Å². The highest BCUT2D eigenvalue weighted by Gasteiger charge is 2.13. The van der Waals surface area contributed by atoms with Gasteiger partial charge in [-0.1, -0.05) is 25.5 Å². The average molecular weight is 328 g/mol. The number of aromatic amines is 1. The lowest BCUT2D eigenvalue weighted by Crippen LogP contribution is -2.35. The second-order valence-corrected chi connectivity index (χ2v) is 5.66. The fraction of sp³-hybridized carbons (Fsp3) is 0.353. The molecule has 1 aromatic carbocycles. The molecule has 0 bridgehead atoms. The summed E-state index contributed by atoms with van der Waals surface area (Å²) in [5, 5.41) is 0. The molecule has 0 spiro atoms. The number of rotatable bonds is 6. The fourth-order valence-corrected chi connectivity index (χ4v) is 2.65. The number of nitrogens with one attached hydrogen (secondary N) is 1. The third-order valence-corrected chi connectivity index (χ3v) is 4.00. The molecule has 0 aliphatic carbocycles. The molecular weight excluding hydrogens is 308 g/mol. The van der Waals surface area contributed by atoms with Crippen LogP contribution in [-0.2, 0) is 13.1 Å². The number of methoxy groups -OCH3 is 1. The Kier molecular flexibility index (Phi) is 4.50. The van der Waals surface area contributed by atoms with Crippen LogP contribution < -0.4 is 16.0 Å². The molecule has 2 heterocycles. The van der Waals surface area contributed by atoms with Gasteiger partial charge in [-0.15, -0.1) is 0 Å². The van der Waals surface area contributed by atoms with E-state index >= 15 is 0 Å². The molecule has 24 heavy (non-hydrogen) atoms. The maximum atomic E-state index is 12.7. The summed E-state index contributed by atoms with van der Waals surface area (Å²) >= 11 is 0. The number of H-pyrrole nitrogens is 1. The van der Waals surface area contributed by atoms with Crippen molar-refractivity contribution >= 4 is 11.2 Å². The molecule has 126 valence electrons. The minimum Gasteiger partial charge on any atom is -0.497 e. The monoisotopic (exact) mass is 328 g/mol. The molecule has 0 radical (unpaired) electrons. The highest BCUT2D eigenvalue weighted by molar-refractivity contribution is 5.69. The Hall–Kier alpha value is -2.83. The van der Waals surface area contributed by atoms with Gasteiger partial charge in [-0.25, -0.2) is 9.78 Å². The Morgan fingerprint density at radius 2 is 1.96 bits per heavy atom.